The summed E-state index contributed by atoms with van der Waals surface area (Å²) < 4.78 is 10.4. The highest BCUT2D eigenvalue weighted by Crippen LogP contribution is 2.24. The van der Waals surface area contributed by atoms with Crippen LogP contribution in [0.5, 0.6) is 5.75 Å². The standard InChI is InChI=1S/C16H18N2O3/c1-20-13-7-5-12(6-8-13)15-11-14(17-21-15)16(19)18-9-3-2-4-10-18/h5-8,11H,2-4,9-10H2,1H3. The van der Waals surface area contributed by atoms with Crippen LogP contribution in [0.25, 0.3) is 11.3 Å². The number of likely N-dealkylation sites (tertiary alicyclic amines) is 1. The fourth-order valence-corrected chi connectivity index (χ4v) is 2.53. The third-order valence-electron chi connectivity index (χ3n) is 3.75. The molecule has 5 heteroatoms. The minimum absolute atomic E-state index is 0.0433. The third-order valence-corrected chi connectivity index (χ3v) is 3.75. The van der Waals surface area contributed by atoms with Crippen LogP contribution in [0.3, 0.4) is 0 Å². The second-order valence-electron chi connectivity index (χ2n) is 5.16. The van der Waals surface area contributed by atoms with Gasteiger partial charge in [0.05, 0.1) is 7.11 Å². The van der Waals surface area contributed by atoms with Crippen LogP contribution in [0.15, 0.2) is 34.9 Å². The first-order valence-corrected chi connectivity index (χ1v) is 7.18. The molecule has 0 spiro atoms. The van der Waals surface area contributed by atoms with E-state index >= 15 is 0 Å². The van der Waals surface area contributed by atoms with Gasteiger partial charge in [-0.25, -0.2) is 0 Å². The predicted octanol–water partition coefficient (Wildman–Crippen LogP) is 2.98. The highest BCUT2D eigenvalue weighted by molar-refractivity contribution is 5.93. The van der Waals surface area contributed by atoms with E-state index in [1.807, 2.05) is 29.2 Å². The van der Waals surface area contributed by atoms with Crippen LogP contribution in [0, 0.1) is 0 Å². The molecule has 110 valence electrons. The highest BCUT2D eigenvalue weighted by Gasteiger charge is 2.21. The van der Waals surface area contributed by atoms with Crippen molar-refractivity contribution in [2.24, 2.45) is 0 Å². The largest absolute Gasteiger partial charge is 0.497 e. The van der Waals surface area contributed by atoms with Gasteiger partial charge in [0, 0.05) is 24.7 Å². The Bertz CT molecular complexity index is 613. The predicted molar refractivity (Wildman–Crippen MR) is 78.2 cm³/mol. The smallest absolute Gasteiger partial charge is 0.276 e. The fraction of sp³-hybridized carbons (Fsp3) is 0.375. The number of carbonyl (C=O) groups is 1. The van der Waals surface area contributed by atoms with Crippen molar-refractivity contribution >= 4 is 5.91 Å². The Morgan fingerprint density at radius 1 is 1.19 bits per heavy atom. The summed E-state index contributed by atoms with van der Waals surface area (Å²) in [5.41, 5.74) is 1.25. The van der Waals surface area contributed by atoms with Crippen molar-refractivity contribution in [1.82, 2.24) is 10.1 Å². The van der Waals surface area contributed by atoms with Crippen LogP contribution in [0.1, 0.15) is 29.8 Å². The number of ether oxygens (including phenoxy) is 1. The number of nitrogens with zero attached hydrogens (tertiary/aromatic N) is 2. The molecule has 1 fully saturated rings. The van der Waals surface area contributed by atoms with E-state index < -0.39 is 0 Å². The van der Waals surface area contributed by atoms with E-state index in [1.54, 1.807) is 13.2 Å². The van der Waals surface area contributed by atoms with Crippen molar-refractivity contribution in [3.8, 4) is 17.1 Å². The van der Waals surface area contributed by atoms with E-state index in [-0.39, 0.29) is 5.91 Å². The number of aromatic nitrogens is 1. The topological polar surface area (TPSA) is 55.6 Å². The average molecular weight is 286 g/mol. The van der Waals surface area contributed by atoms with Gasteiger partial charge >= 0.3 is 0 Å². The molecular formula is C16H18N2O3. The molecule has 0 N–H and O–H groups in total. The zero-order chi connectivity index (χ0) is 14.7. The molecule has 1 aliphatic heterocycles. The van der Waals surface area contributed by atoms with Gasteiger partial charge in [-0.15, -0.1) is 0 Å². The molecule has 0 saturated carbocycles. The first-order chi connectivity index (χ1) is 10.3. The van der Waals surface area contributed by atoms with E-state index in [9.17, 15) is 4.79 Å². The number of rotatable bonds is 3. The summed E-state index contributed by atoms with van der Waals surface area (Å²) in [6, 6.07) is 9.18. The summed E-state index contributed by atoms with van der Waals surface area (Å²) in [5.74, 6) is 1.33. The molecule has 1 saturated heterocycles. The van der Waals surface area contributed by atoms with E-state index in [0.717, 1.165) is 37.2 Å². The number of methoxy groups -OCH3 is 1. The second-order valence-corrected chi connectivity index (χ2v) is 5.16. The quantitative estimate of drug-likeness (QED) is 0.870. The molecule has 1 aliphatic rings. The van der Waals surface area contributed by atoms with Crippen LogP contribution in [-0.2, 0) is 0 Å². The van der Waals surface area contributed by atoms with Gasteiger partial charge in [-0.2, -0.15) is 0 Å². The Balaban J connectivity index is 1.77. The lowest BCUT2D eigenvalue weighted by Crippen LogP contribution is -2.35. The molecule has 1 aromatic heterocycles. The van der Waals surface area contributed by atoms with E-state index in [1.165, 1.54) is 6.42 Å². The van der Waals surface area contributed by atoms with Gasteiger partial charge < -0.3 is 14.2 Å². The van der Waals surface area contributed by atoms with Crippen molar-refractivity contribution < 1.29 is 14.1 Å². The van der Waals surface area contributed by atoms with Gasteiger partial charge in [0.1, 0.15) is 5.75 Å². The lowest BCUT2D eigenvalue weighted by Gasteiger charge is -2.25. The third kappa shape index (κ3) is 2.91. The van der Waals surface area contributed by atoms with Crippen molar-refractivity contribution in [1.29, 1.82) is 0 Å². The molecule has 1 aromatic carbocycles. The molecule has 2 aromatic rings. The fourth-order valence-electron chi connectivity index (χ4n) is 2.53. The number of hydrogen-bond donors (Lipinski definition) is 0. The van der Waals surface area contributed by atoms with Crippen molar-refractivity contribution in [3.63, 3.8) is 0 Å². The molecule has 2 heterocycles. The van der Waals surface area contributed by atoms with Crippen LogP contribution in [0.2, 0.25) is 0 Å². The van der Waals surface area contributed by atoms with E-state index in [4.69, 9.17) is 9.26 Å². The molecule has 0 bridgehead atoms. The number of carbonyl (C=O) groups excluding carboxylic acids is 1. The minimum atomic E-state index is -0.0433. The van der Waals surface area contributed by atoms with Gasteiger partial charge in [-0.05, 0) is 43.5 Å². The Kier molecular flexibility index (Phi) is 3.90. The summed E-state index contributed by atoms with van der Waals surface area (Å²) >= 11 is 0. The van der Waals surface area contributed by atoms with Crippen LogP contribution >= 0.6 is 0 Å². The molecule has 21 heavy (non-hydrogen) atoms. The monoisotopic (exact) mass is 286 g/mol. The summed E-state index contributed by atoms with van der Waals surface area (Å²) in [6.07, 6.45) is 3.32. The van der Waals surface area contributed by atoms with Gasteiger partial charge in [0.2, 0.25) is 0 Å². The van der Waals surface area contributed by atoms with Crippen molar-refractivity contribution in [2.75, 3.05) is 20.2 Å². The van der Waals surface area contributed by atoms with Gasteiger partial charge in [0.15, 0.2) is 11.5 Å². The van der Waals surface area contributed by atoms with Gasteiger partial charge in [0.25, 0.3) is 5.91 Å². The molecule has 5 nitrogen and oxygen atoms in total. The Hall–Kier alpha value is -2.30. The SMILES string of the molecule is COc1ccc(-c2cc(C(=O)N3CCCCC3)no2)cc1. The lowest BCUT2D eigenvalue weighted by atomic mass is 10.1. The summed E-state index contributed by atoms with van der Waals surface area (Å²) in [4.78, 5) is 14.2. The maximum absolute atomic E-state index is 12.3. The van der Waals surface area contributed by atoms with Crippen LogP contribution < -0.4 is 4.74 Å². The number of amides is 1. The molecule has 0 aliphatic carbocycles. The first-order valence-electron chi connectivity index (χ1n) is 7.18. The maximum atomic E-state index is 12.3. The molecular weight excluding hydrogens is 268 g/mol. The lowest BCUT2D eigenvalue weighted by molar-refractivity contribution is 0.0714. The van der Waals surface area contributed by atoms with Crippen molar-refractivity contribution in [3.05, 3.63) is 36.0 Å². The van der Waals surface area contributed by atoms with Crippen LogP contribution in [-0.4, -0.2) is 36.2 Å². The normalized spacial score (nSPS) is 15.0. The number of benzene rings is 1. The molecule has 0 radical (unpaired) electrons. The van der Waals surface area contributed by atoms with E-state index in [0.29, 0.717) is 11.5 Å². The van der Waals surface area contributed by atoms with Gasteiger partial charge in [-0.1, -0.05) is 5.16 Å². The molecule has 1 amide bonds. The first kappa shape index (κ1) is 13.7. The second kappa shape index (κ2) is 5.99. The molecule has 0 atom stereocenters. The maximum Gasteiger partial charge on any atom is 0.276 e. The zero-order valence-corrected chi connectivity index (χ0v) is 12.0. The zero-order valence-electron chi connectivity index (χ0n) is 12.0. The summed E-state index contributed by atoms with van der Waals surface area (Å²) in [5, 5.41) is 3.91. The number of piperidine rings is 1. The Morgan fingerprint density at radius 2 is 1.90 bits per heavy atom. The summed E-state index contributed by atoms with van der Waals surface area (Å²) in [6.45, 7) is 1.62. The Labute approximate surface area is 123 Å². The molecule has 0 unspecified atom stereocenters. The highest BCUT2D eigenvalue weighted by atomic mass is 16.5. The molecule has 3 rings (SSSR count). The number of hydrogen-bond acceptors (Lipinski definition) is 4. The summed E-state index contributed by atoms with van der Waals surface area (Å²) in [7, 11) is 1.62. The van der Waals surface area contributed by atoms with Crippen molar-refractivity contribution in [2.45, 2.75) is 19.3 Å². The Morgan fingerprint density at radius 3 is 2.57 bits per heavy atom. The minimum Gasteiger partial charge on any atom is -0.497 e. The average Bonchev–Trinajstić information content (AvgIpc) is 3.05. The van der Waals surface area contributed by atoms with Gasteiger partial charge in [-0.3, -0.25) is 4.79 Å². The van der Waals surface area contributed by atoms with E-state index in [2.05, 4.69) is 5.16 Å². The van der Waals surface area contributed by atoms with Crippen LogP contribution in [0.4, 0.5) is 0 Å².